The second-order valence-corrected chi connectivity index (χ2v) is 4.71. The van der Waals surface area contributed by atoms with Gasteiger partial charge in [-0.3, -0.25) is 0 Å². The summed E-state index contributed by atoms with van der Waals surface area (Å²) >= 11 is 0. The van der Waals surface area contributed by atoms with Crippen LogP contribution in [0.4, 0.5) is 0 Å². The summed E-state index contributed by atoms with van der Waals surface area (Å²) in [7, 11) is 2.05. The summed E-state index contributed by atoms with van der Waals surface area (Å²) in [4.78, 5) is 0. The van der Waals surface area contributed by atoms with E-state index in [1.807, 2.05) is 0 Å². The molecule has 0 aliphatic heterocycles. The summed E-state index contributed by atoms with van der Waals surface area (Å²) in [6, 6.07) is 7.12. The van der Waals surface area contributed by atoms with E-state index in [4.69, 9.17) is 0 Å². The number of nitrogens with one attached hydrogen (secondary N) is 1. The van der Waals surface area contributed by atoms with Gasteiger partial charge in [0.25, 0.3) is 0 Å². The third-order valence-corrected chi connectivity index (χ3v) is 3.24. The highest BCUT2D eigenvalue weighted by molar-refractivity contribution is 5.34. The number of aryl methyl sites for hydroxylation is 2. The molecule has 0 radical (unpaired) electrons. The van der Waals surface area contributed by atoms with Crippen LogP contribution in [0.1, 0.15) is 30.5 Å². The van der Waals surface area contributed by atoms with Crippen molar-refractivity contribution < 1.29 is 0 Å². The molecule has 0 aromatic heterocycles. The zero-order valence-corrected chi connectivity index (χ0v) is 10.6. The van der Waals surface area contributed by atoms with E-state index in [9.17, 15) is 0 Å². The van der Waals surface area contributed by atoms with Crippen LogP contribution in [0.2, 0.25) is 0 Å². The van der Waals surface area contributed by atoms with Gasteiger partial charge >= 0.3 is 0 Å². The van der Waals surface area contributed by atoms with Gasteiger partial charge in [0.1, 0.15) is 0 Å². The van der Waals surface area contributed by atoms with Gasteiger partial charge in [0.2, 0.25) is 0 Å². The molecule has 1 rings (SSSR count). The van der Waals surface area contributed by atoms with Crippen molar-refractivity contribution in [3.05, 3.63) is 34.9 Å². The van der Waals surface area contributed by atoms with E-state index in [0.717, 1.165) is 6.42 Å². The minimum Gasteiger partial charge on any atom is -0.316 e. The predicted octanol–water partition coefficient (Wildman–Crippen LogP) is 3.09. The summed E-state index contributed by atoms with van der Waals surface area (Å²) in [6.07, 6.45) is 1.13. The van der Waals surface area contributed by atoms with Crippen molar-refractivity contribution in [2.75, 3.05) is 7.05 Å². The Morgan fingerprint density at radius 1 is 1.13 bits per heavy atom. The number of benzene rings is 1. The highest BCUT2D eigenvalue weighted by Gasteiger charge is 2.13. The first-order chi connectivity index (χ1) is 7.06. The fraction of sp³-hybridized carbons (Fsp3) is 0.571. The molecule has 1 heteroatoms. The Bertz CT molecular complexity index is 295. The molecule has 0 heterocycles. The first-order valence-electron chi connectivity index (χ1n) is 5.78. The zero-order chi connectivity index (χ0) is 11.4. The Kier molecular flexibility index (Phi) is 4.34. The van der Waals surface area contributed by atoms with E-state index in [1.165, 1.54) is 16.7 Å². The quantitative estimate of drug-likeness (QED) is 0.796. The van der Waals surface area contributed by atoms with Crippen LogP contribution in [0, 0.1) is 19.8 Å². The molecule has 1 nitrogen and oxygen atoms in total. The first kappa shape index (κ1) is 12.3. The lowest BCUT2D eigenvalue weighted by Gasteiger charge is -2.22. The van der Waals surface area contributed by atoms with Crippen LogP contribution in [-0.2, 0) is 6.42 Å². The zero-order valence-electron chi connectivity index (χ0n) is 10.6. The second-order valence-electron chi connectivity index (χ2n) is 4.71. The Morgan fingerprint density at radius 2 is 1.67 bits per heavy atom. The maximum Gasteiger partial charge on any atom is 0.0128 e. The lowest BCUT2D eigenvalue weighted by atomic mass is 9.91. The topological polar surface area (TPSA) is 12.0 Å². The number of hydrogen-bond donors (Lipinski definition) is 1. The predicted molar refractivity (Wildman–Crippen MR) is 67.3 cm³/mol. The Hall–Kier alpha value is -0.820. The fourth-order valence-electron chi connectivity index (χ4n) is 2.06. The molecule has 0 spiro atoms. The number of rotatable bonds is 4. The second kappa shape index (κ2) is 5.32. The van der Waals surface area contributed by atoms with E-state index in [0.29, 0.717) is 12.0 Å². The molecule has 1 N–H and O–H groups in total. The SMILES string of the molecule is CNC(Cc1c(C)cccc1C)C(C)C. The van der Waals surface area contributed by atoms with Gasteiger partial charge in [-0.1, -0.05) is 32.0 Å². The van der Waals surface area contributed by atoms with Gasteiger partial charge in [-0.2, -0.15) is 0 Å². The minimum absolute atomic E-state index is 0.574. The molecule has 0 saturated heterocycles. The first-order valence-corrected chi connectivity index (χ1v) is 5.78. The van der Waals surface area contributed by atoms with Crippen LogP contribution in [0.3, 0.4) is 0 Å². The monoisotopic (exact) mass is 205 g/mol. The molecule has 15 heavy (non-hydrogen) atoms. The smallest absolute Gasteiger partial charge is 0.0128 e. The van der Waals surface area contributed by atoms with Gasteiger partial charge in [-0.05, 0) is 49.9 Å². The average Bonchev–Trinajstić information content (AvgIpc) is 2.17. The van der Waals surface area contributed by atoms with Gasteiger partial charge in [-0.15, -0.1) is 0 Å². The van der Waals surface area contributed by atoms with Crippen molar-refractivity contribution >= 4 is 0 Å². The van der Waals surface area contributed by atoms with Crippen LogP contribution < -0.4 is 5.32 Å². The van der Waals surface area contributed by atoms with Crippen molar-refractivity contribution in [3.8, 4) is 0 Å². The van der Waals surface area contributed by atoms with E-state index in [-0.39, 0.29) is 0 Å². The van der Waals surface area contributed by atoms with Crippen LogP contribution in [0.5, 0.6) is 0 Å². The molecule has 0 aliphatic carbocycles. The molecule has 0 amide bonds. The van der Waals surface area contributed by atoms with Gasteiger partial charge in [0.05, 0.1) is 0 Å². The summed E-state index contributed by atoms with van der Waals surface area (Å²) < 4.78 is 0. The molecular weight excluding hydrogens is 182 g/mol. The molecule has 1 atom stereocenters. The molecule has 1 unspecified atom stereocenters. The molecule has 0 bridgehead atoms. The maximum atomic E-state index is 3.40. The normalized spacial score (nSPS) is 13.2. The van der Waals surface area contributed by atoms with Crippen LogP contribution in [0.25, 0.3) is 0 Å². The van der Waals surface area contributed by atoms with Crippen molar-refractivity contribution in [2.45, 2.75) is 40.2 Å². The third kappa shape index (κ3) is 3.07. The fourth-order valence-corrected chi connectivity index (χ4v) is 2.06. The summed E-state index contributed by atoms with van der Waals surface area (Å²) in [5, 5.41) is 3.40. The van der Waals surface area contributed by atoms with E-state index < -0.39 is 0 Å². The molecule has 84 valence electrons. The van der Waals surface area contributed by atoms with Crippen molar-refractivity contribution in [2.24, 2.45) is 5.92 Å². The number of likely N-dealkylation sites (N-methyl/N-ethyl adjacent to an activating group) is 1. The van der Waals surface area contributed by atoms with Crippen molar-refractivity contribution in [1.82, 2.24) is 5.32 Å². The molecular formula is C14H23N. The Balaban J connectivity index is 2.87. The molecule has 1 aromatic rings. The van der Waals surface area contributed by atoms with Crippen molar-refractivity contribution in [1.29, 1.82) is 0 Å². The van der Waals surface area contributed by atoms with E-state index in [1.54, 1.807) is 0 Å². The minimum atomic E-state index is 0.574. The average molecular weight is 205 g/mol. The Morgan fingerprint density at radius 3 is 2.07 bits per heavy atom. The van der Waals surface area contributed by atoms with E-state index >= 15 is 0 Å². The van der Waals surface area contributed by atoms with Crippen LogP contribution >= 0.6 is 0 Å². The molecule has 0 fully saturated rings. The summed E-state index contributed by atoms with van der Waals surface area (Å²) in [5.74, 6) is 0.675. The third-order valence-electron chi connectivity index (χ3n) is 3.24. The highest BCUT2D eigenvalue weighted by Crippen LogP contribution is 2.17. The van der Waals surface area contributed by atoms with E-state index in [2.05, 4.69) is 58.3 Å². The molecule has 0 saturated carbocycles. The highest BCUT2D eigenvalue weighted by atomic mass is 14.9. The summed E-state index contributed by atoms with van der Waals surface area (Å²) in [5.41, 5.74) is 4.33. The van der Waals surface area contributed by atoms with Gasteiger partial charge < -0.3 is 5.32 Å². The lowest BCUT2D eigenvalue weighted by Crippen LogP contribution is -2.33. The standard InChI is InChI=1S/C14H23N/c1-10(2)14(15-5)9-13-11(3)7-6-8-12(13)4/h6-8,10,14-15H,9H2,1-5H3. The summed E-state index contributed by atoms with van der Waals surface area (Å²) in [6.45, 7) is 8.95. The maximum absolute atomic E-state index is 3.40. The Labute approximate surface area is 93.9 Å². The van der Waals surface area contributed by atoms with Crippen LogP contribution in [0.15, 0.2) is 18.2 Å². The lowest BCUT2D eigenvalue weighted by molar-refractivity contribution is 0.423. The molecule has 0 aliphatic rings. The van der Waals surface area contributed by atoms with Crippen molar-refractivity contribution in [3.63, 3.8) is 0 Å². The van der Waals surface area contributed by atoms with Gasteiger partial charge in [0, 0.05) is 6.04 Å². The molecule has 1 aromatic carbocycles. The van der Waals surface area contributed by atoms with Gasteiger partial charge in [-0.25, -0.2) is 0 Å². The largest absolute Gasteiger partial charge is 0.316 e. The van der Waals surface area contributed by atoms with Crippen LogP contribution in [-0.4, -0.2) is 13.1 Å². The number of hydrogen-bond acceptors (Lipinski definition) is 1. The van der Waals surface area contributed by atoms with Gasteiger partial charge in [0.15, 0.2) is 0 Å².